The van der Waals surface area contributed by atoms with Gasteiger partial charge in [0.05, 0.1) is 0 Å². The predicted molar refractivity (Wildman–Crippen MR) is 105 cm³/mol. The highest BCUT2D eigenvalue weighted by atomic mass is 16.1. The molecule has 6 rings (SSSR count). The molecular formula is C23H26N2O. The molecule has 2 aromatic carbocycles. The van der Waals surface area contributed by atoms with E-state index in [0.29, 0.717) is 6.42 Å². The Balaban J connectivity index is 1.29. The zero-order valence-electron chi connectivity index (χ0n) is 15.3. The lowest BCUT2D eigenvalue weighted by Gasteiger charge is -2.31. The lowest BCUT2D eigenvalue weighted by atomic mass is 9.81. The number of ketones is 1. The van der Waals surface area contributed by atoms with Crippen molar-refractivity contribution < 1.29 is 4.79 Å². The number of carbonyl (C=O) groups is 1. The maximum atomic E-state index is 12.3. The van der Waals surface area contributed by atoms with Crippen LogP contribution in [0.2, 0.25) is 0 Å². The lowest BCUT2D eigenvalue weighted by Crippen LogP contribution is -2.36. The van der Waals surface area contributed by atoms with Crippen molar-refractivity contribution in [2.75, 3.05) is 31.1 Å². The van der Waals surface area contributed by atoms with Gasteiger partial charge in [-0.1, -0.05) is 30.7 Å². The molecule has 1 heterocycles. The van der Waals surface area contributed by atoms with E-state index in [2.05, 4.69) is 34.1 Å². The Morgan fingerprint density at radius 3 is 2.69 bits per heavy atom. The Bertz CT molecular complexity index is 914. The average molecular weight is 346 g/mol. The summed E-state index contributed by atoms with van der Waals surface area (Å²) in [6, 6.07) is 11.6. The highest BCUT2D eigenvalue weighted by Gasteiger charge is 2.59. The summed E-state index contributed by atoms with van der Waals surface area (Å²) in [5.41, 5.74) is 4.21. The summed E-state index contributed by atoms with van der Waals surface area (Å²) in [4.78, 5) is 17.6. The van der Waals surface area contributed by atoms with Crippen LogP contribution in [0.4, 0.5) is 5.69 Å². The van der Waals surface area contributed by atoms with E-state index in [4.69, 9.17) is 0 Å². The van der Waals surface area contributed by atoms with Gasteiger partial charge in [0.25, 0.3) is 0 Å². The second-order valence-electron chi connectivity index (χ2n) is 8.88. The molecule has 1 unspecified atom stereocenters. The summed E-state index contributed by atoms with van der Waals surface area (Å²) in [7, 11) is 0. The van der Waals surface area contributed by atoms with Gasteiger partial charge < -0.3 is 4.90 Å². The van der Waals surface area contributed by atoms with Crippen LogP contribution in [0, 0.1) is 5.41 Å². The number of anilines is 1. The number of hydrogen-bond donors (Lipinski definition) is 0. The smallest absolute Gasteiger partial charge is 0.167 e. The van der Waals surface area contributed by atoms with Crippen LogP contribution in [0.15, 0.2) is 30.3 Å². The van der Waals surface area contributed by atoms with Crippen LogP contribution in [-0.4, -0.2) is 42.9 Å². The van der Waals surface area contributed by atoms with Gasteiger partial charge in [0.15, 0.2) is 5.78 Å². The fraction of sp³-hybridized carbons (Fsp3) is 0.522. The van der Waals surface area contributed by atoms with Gasteiger partial charge in [-0.2, -0.15) is 0 Å². The monoisotopic (exact) mass is 346 g/mol. The number of nitrogens with zero attached hydrogens (tertiary/aromatic N) is 2. The van der Waals surface area contributed by atoms with Crippen molar-refractivity contribution in [2.24, 2.45) is 5.41 Å². The van der Waals surface area contributed by atoms with Crippen molar-refractivity contribution in [3.63, 3.8) is 0 Å². The Labute approximate surface area is 155 Å². The number of benzene rings is 2. The normalized spacial score (nSPS) is 27.0. The molecule has 1 atom stereocenters. The number of rotatable bonds is 2. The van der Waals surface area contributed by atoms with Crippen molar-refractivity contribution >= 4 is 22.2 Å². The molecule has 0 bridgehead atoms. The Hall–Kier alpha value is -1.87. The Morgan fingerprint density at radius 2 is 1.88 bits per heavy atom. The quantitative estimate of drug-likeness (QED) is 0.820. The minimum Gasteiger partial charge on any atom is -0.370 e. The van der Waals surface area contributed by atoms with Crippen molar-refractivity contribution in [1.82, 2.24) is 4.90 Å². The molecule has 1 saturated heterocycles. The van der Waals surface area contributed by atoms with Gasteiger partial charge in [-0.3, -0.25) is 9.69 Å². The summed E-state index contributed by atoms with van der Waals surface area (Å²) in [6.07, 6.45) is 7.68. The maximum absolute atomic E-state index is 12.3. The fourth-order valence-electron chi connectivity index (χ4n) is 5.89. The molecular weight excluding hydrogens is 320 g/mol. The summed E-state index contributed by atoms with van der Waals surface area (Å²) in [5, 5.41) is 2.49. The van der Waals surface area contributed by atoms with Crippen molar-refractivity contribution in [1.29, 1.82) is 0 Å². The molecule has 134 valence electrons. The van der Waals surface area contributed by atoms with E-state index in [1.807, 2.05) is 6.07 Å². The fourth-order valence-corrected chi connectivity index (χ4v) is 5.89. The average Bonchev–Trinajstić information content (AvgIpc) is 3.35. The molecule has 3 fully saturated rings. The van der Waals surface area contributed by atoms with E-state index < -0.39 is 0 Å². The Kier molecular flexibility index (Phi) is 3.11. The van der Waals surface area contributed by atoms with Crippen molar-refractivity contribution in [3.8, 4) is 0 Å². The van der Waals surface area contributed by atoms with E-state index >= 15 is 0 Å². The maximum Gasteiger partial charge on any atom is 0.167 e. The third-order valence-electron chi connectivity index (χ3n) is 7.56. The molecule has 0 N–H and O–H groups in total. The van der Waals surface area contributed by atoms with Crippen molar-refractivity contribution in [2.45, 2.75) is 44.6 Å². The first-order valence-electron chi connectivity index (χ1n) is 10.3. The van der Waals surface area contributed by atoms with E-state index in [1.165, 1.54) is 67.2 Å². The zero-order valence-corrected chi connectivity index (χ0v) is 15.3. The first-order chi connectivity index (χ1) is 12.8. The number of carbonyl (C=O) groups excluding carboxylic acids is 1. The summed E-state index contributed by atoms with van der Waals surface area (Å²) in [6.45, 7) is 4.68. The molecule has 1 aliphatic heterocycles. The third kappa shape index (κ3) is 2.07. The first kappa shape index (κ1) is 15.2. The topological polar surface area (TPSA) is 23.6 Å². The van der Waals surface area contributed by atoms with Crippen LogP contribution >= 0.6 is 0 Å². The van der Waals surface area contributed by atoms with Gasteiger partial charge >= 0.3 is 0 Å². The molecule has 3 nitrogen and oxygen atoms in total. The van der Waals surface area contributed by atoms with Gasteiger partial charge in [0, 0.05) is 55.3 Å². The minimum atomic E-state index is 0.282. The molecule has 26 heavy (non-hydrogen) atoms. The van der Waals surface area contributed by atoms with Gasteiger partial charge in [-0.05, 0) is 48.1 Å². The van der Waals surface area contributed by atoms with Crippen LogP contribution in [-0.2, 0) is 6.42 Å². The van der Waals surface area contributed by atoms with E-state index in [9.17, 15) is 4.79 Å². The molecule has 0 radical (unpaired) electrons. The van der Waals surface area contributed by atoms with Crippen LogP contribution in [0.5, 0.6) is 0 Å². The third-order valence-corrected chi connectivity index (χ3v) is 7.56. The molecule has 2 saturated carbocycles. The van der Waals surface area contributed by atoms with Crippen molar-refractivity contribution in [3.05, 3.63) is 41.5 Å². The first-order valence-corrected chi connectivity index (χ1v) is 10.3. The summed E-state index contributed by atoms with van der Waals surface area (Å²) >= 11 is 0. The lowest BCUT2D eigenvalue weighted by molar-refractivity contribution is 0.1000. The molecule has 3 aliphatic carbocycles. The number of hydrogen-bond acceptors (Lipinski definition) is 3. The SMILES string of the molecule is O=C1Cc2ccc(N3CCCN(C4CC45CCC5)CC3)c3cccc1c23. The highest BCUT2D eigenvalue weighted by Crippen LogP contribution is 2.62. The highest BCUT2D eigenvalue weighted by molar-refractivity contribution is 6.17. The summed E-state index contributed by atoms with van der Waals surface area (Å²) in [5.74, 6) is 0.282. The number of Topliss-reactive ketones (excluding diaryl/α,β-unsaturated/α-hetero) is 1. The molecule has 1 spiro atoms. The minimum absolute atomic E-state index is 0.282. The van der Waals surface area contributed by atoms with Gasteiger partial charge in [-0.25, -0.2) is 0 Å². The van der Waals surface area contributed by atoms with Gasteiger partial charge in [0.1, 0.15) is 0 Å². The van der Waals surface area contributed by atoms with Gasteiger partial charge in [0.2, 0.25) is 0 Å². The molecule has 0 aromatic heterocycles. The second-order valence-corrected chi connectivity index (χ2v) is 8.88. The molecule has 3 heteroatoms. The van der Waals surface area contributed by atoms with Crippen LogP contribution in [0.25, 0.3) is 10.8 Å². The van der Waals surface area contributed by atoms with Crippen LogP contribution in [0.3, 0.4) is 0 Å². The van der Waals surface area contributed by atoms with Gasteiger partial charge in [-0.15, -0.1) is 0 Å². The Morgan fingerprint density at radius 1 is 0.962 bits per heavy atom. The summed E-state index contributed by atoms with van der Waals surface area (Å²) < 4.78 is 0. The molecule has 2 aromatic rings. The molecule has 0 amide bonds. The molecule has 4 aliphatic rings. The van der Waals surface area contributed by atoms with E-state index in [0.717, 1.165) is 30.1 Å². The zero-order chi connectivity index (χ0) is 17.3. The van der Waals surface area contributed by atoms with E-state index in [1.54, 1.807) is 0 Å². The largest absolute Gasteiger partial charge is 0.370 e. The standard InChI is InChI=1S/C23H26N2O/c26-20-14-16-6-7-19(17-4-1-5-18(20)22(16)17)24-10-3-11-25(13-12-24)21-15-23(21)8-2-9-23/h1,4-7,21H,2-3,8-15H2. The van der Waals surface area contributed by atoms with Crippen LogP contribution < -0.4 is 4.90 Å². The predicted octanol–water partition coefficient (Wildman–Crippen LogP) is 4.03. The van der Waals surface area contributed by atoms with Crippen LogP contribution in [0.1, 0.15) is 48.0 Å². The van der Waals surface area contributed by atoms with E-state index in [-0.39, 0.29) is 5.78 Å². The second kappa shape index (κ2) is 5.32.